The van der Waals surface area contributed by atoms with Gasteiger partial charge >= 0.3 is 0 Å². The van der Waals surface area contributed by atoms with Crippen LogP contribution in [0.5, 0.6) is 0 Å². The number of ether oxygens (including phenoxy) is 1. The largest absolute Gasteiger partial charge is 0.378 e. The second-order valence-electron chi connectivity index (χ2n) is 5.97. The van der Waals surface area contributed by atoms with Crippen molar-refractivity contribution in [2.24, 2.45) is 0 Å². The number of halogens is 1. The average Bonchev–Trinajstić information content (AvgIpc) is 2.96. The first-order chi connectivity index (χ1) is 12.2. The lowest BCUT2D eigenvalue weighted by molar-refractivity contribution is -0.110. The zero-order valence-electron chi connectivity index (χ0n) is 13.6. The van der Waals surface area contributed by atoms with Crippen LogP contribution in [0, 0.1) is 5.82 Å². The summed E-state index contributed by atoms with van der Waals surface area (Å²) in [5.41, 5.74) is 3.33. The van der Waals surface area contributed by atoms with Gasteiger partial charge in [0, 0.05) is 36.2 Å². The van der Waals surface area contributed by atoms with Gasteiger partial charge in [-0.05, 0) is 24.3 Å². The van der Waals surface area contributed by atoms with Gasteiger partial charge in [0.05, 0.1) is 24.5 Å². The number of amides is 1. The summed E-state index contributed by atoms with van der Waals surface area (Å²) >= 11 is 0. The van der Waals surface area contributed by atoms with Crippen LogP contribution in [0.3, 0.4) is 0 Å². The lowest BCUT2D eigenvalue weighted by Crippen LogP contribution is -2.36. The van der Waals surface area contributed by atoms with Crippen LogP contribution in [-0.4, -0.2) is 32.2 Å². The monoisotopic (exact) mass is 339 g/mol. The van der Waals surface area contributed by atoms with Crippen molar-refractivity contribution in [2.75, 3.05) is 41.8 Å². The van der Waals surface area contributed by atoms with Crippen molar-refractivity contribution in [1.29, 1.82) is 0 Å². The molecule has 1 amide bonds. The van der Waals surface area contributed by atoms with Gasteiger partial charge in [0.1, 0.15) is 5.82 Å². The number of hydrogen-bond donors (Lipinski definition) is 2. The van der Waals surface area contributed by atoms with Crippen LogP contribution in [0.2, 0.25) is 0 Å². The minimum atomic E-state index is -0.290. The Morgan fingerprint density at radius 3 is 2.76 bits per heavy atom. The van der Waals surface area contributed by atoms with Crippen molar-refractivity contribution < 1.29 is 13.9 Å². The van der Waals surface area contributed by atoms with E-state index in [1.54, 1.807) is 12.3 Å². The van der Waals surface area contributed by atoms with Gasteiger partial charge in [-0.25, -0.2) is 4.39 Å². The fourth-order valence-corrected chi connectivity index (χ4v) is 3.10. The van der Waals surface area contributed by atoms with Crippen LogP contribution >= 0.6 is 0 Å². The SMILES string of the molecule is O=C1Nc2ccccc2C1=CNc1ccc(N2CCOCC2)c(F)c1. The van der Waals surface area contributed by atoms with Gasteiger partial charge in [0.15, 0.2) is 0 Å². The van der Waals surface area contributed by atoms with E-state index in [1.807, 2.05) is 35.2 Å². The number of nitrogens with one attached hydrogen (secondary N) is 2. The van der Waals surface area contributed by atoms with E-state index in [9.17, 15) is 9.18 Å². The highest BCUT2D eigenvalue weighted by Gasteiger charge is 2.23. The number of carbonyl (C=O) groups excluding carboxylic acids is 1. The molecule has 6 heteroatoms. The number of benzene rings is 2. The van der Waals surface area contributed by atoms with Crippen LogP contribution in [0.15, 0.2) is 48.7 Å². The number of para-hydroxylation sites is 1. The van der Waals surface area contributed by atoms with E-state index in [0.717, 1.165) is 11.3 Å². The molecule has 0 atom stereocenters. The van der Waals surface area contributed by atoms with Crippen molar-refractivity contribution in [3.8, 4) is 0 Å². The van der Waals surface area contributed by atoms with Crippen molar-refractivity contribution in [3.63, 3.8) is 0 Å². The lowest BCUT2D eigenvalue weighted by Gasteiger charge is -2.29. The molecule has 0 bridgehead atoms. The molecule has 128 valence electrons. The summed E-state index contributed by atoms with van der Waals surface area (Å²) < 4.78 is 19.7. The highest BCUT2D eigenvalue weighted by Crippen LogP contribution is 2.31. The lowest BCUT2D eigenvalue weighted by atomic mass is 10.1. The van der Waals surface area contributed by atoms with E-state index in [4.69, 9.17) is 4.74 Å². The molecule has 2 N–H and O–H groups in total. The quantitative estimate of drug-likeness (QED) is 0.844. The Morgan fingerprint density at radius 2 is 1.96 bits per heavy atom. The minimum Gasteiger partial charge on any atom is -0.378 e. The summed E-state index contributed by atoms with van der Waals surface area (Å²) in [6.45, 7) is 2.59. The number of carbonyl (C=O) groups is 1. The van der Waals surface area contributed by atoms with E-state index in [1.165, 1.54) is 6.07 Å². The maximum absolute atomic E-state index is 14.4. The molecule has 2 aromatic rings. The summed E-state index contributed by atoms with van der Waals surface area (Å²) in [5.74, 6) is -0.458. The second-order valence-corrected chi connectivity index (χ2v) is 5.97. The smallest absolute Gasteiger partial charge is 0.257 e. The summed E-state index contributed by atoms with van der Waals surface area (Å²) in [6.07, 6.45) is 1.62. The van der Waals surface area contributed by atoms with Gasteiger partial charge in [-0.15, -0.1) is 0 Å². The normalized spacial score (nSPS) is 18.2. The molecule has 0 aliphatic carbocycles. The van der Waals surface area contributed by atoms with Crippen LogP contribution in [0.25, 0.3) is 5.57 Å². The van der Waals surface area contributed by atoms with Crippen LogP contribution < -0.4 is 15.5 Å². The molecule has 2 heterocycles. The van der Waals surface area contributed by atoms with Gasteiger partial charge < -0.3 is 20.3 Å². The molecule has 4 rings (SSSR count). The zero-order valence-corrected chi connectivity index (χ0v) is 13.6. The van der Waals surface area contributed by atoms with Crippen molar-refractivity contribution in [3.05, 3.63) is 60.0 Å². The maximum Gasteiger partial charge on any atom is 0.257 e. The first-order valence-electron chi connectivity index (χ1n) is 8.22. The van der Waals surface area contributed by atoms with E-state index in [0.29, 0.717) is 43.3 Å². The fraction of sp³-hybridized carbons (Fsp3) is 0.211. The Kier molecular flexibility index (Phi) is 4.11. The first kappa shape index (κ1) is 15.7. The number of hydrogen-bond acceptors (Lipinski definition) is 4. The maximum atomic E-state index is 14.4. The molecule has 5 nitrogen and oxygen atoms in total. The Labute approximate surface area is 145 Å². The van der Waals surface area contributed by atoms with E-state index in [-0.39, 0.29) is 11.7 Å². The molecule has 0 saturated carbocycles. The van der Waals surface area contributed by atoms with Gasteiger partial charge in [-0.3, -0.25) is 4.79 Å². The number of fused-ring (bicyclic) bond motifs is 1. The number of rotatable bonds is 3. The van der Waals surface area contributed by atoms with Crippen LogP contribution in [-0.2, 0) is 9.53 Å². The third-order valence-corrected chi connectivity index (χ3v) is 4.39. The molecule has 2 aliphatic heterocycles. The molecule has 2 aromatic carbocycles. The topological polar surface area (TPSA) is 53.6 Å². The van der Waals surface area contributed by atoms with E-state index >= 15 is 0 Å². The third kappa shape index (κ3) is 3.08. The molecule has 0 spiro atoms. The average molecular weight is 339 g/mol. The molecule has 0 aromatic heterocycles. The Hall–Kier alpha value is -2.86. The van der Waals surface area contributed by atoms with Crippen LogP contribution in [0.4, 0.5) is 21.5 Å². The van der Waals surface area contributed by atoms with Crippen molar-refractivity contribution in [2.45, 2.75) is 0 Å². The van der Waals surface area contributed by atoms with Gasteiger partial charge in [0.25, 0.3) is 5.91 Å². The summed E-state index contributed by atoms with van der Waals surface area (Å²) in [7, 11) is 0. The molecular formula is C19H18FN3O2. The summed E-state index contributed by atoms with van der Waals surface area (Å²) in [5, 5.41) is 5.83. The van der Waals surface area contributed by atoms with Gasteiger partial charge in [-0.2, -0.15) is 0 Å². The Morgan fingerprint density at radius 1 is 1.16 bits per heavy atom. The number of morpholine rings is 1. The predicted octanol–water partition coefficient (Wildman–Crippen LogP) is 3.07. The Bertz CT molecular complexity index is 844. The summed E-state index contributed by atoms with van der Waals surface area (Å²) in [4.78, 5) is 14.0. The zero-order chi connectivity index (χ0) is 17.2. The minimum absolute atomic E-state index is 0.167. The highest BCUT2D eigenvalue weighted by atomic mass is 19.1. The molecule has 0 radical (unpaired) electrons. The number of anilines is 3. The predicted molar refractivity (Wildman–Crippen MR) is 96.1 cm³/mol. The van der Waals surface area contributed by atoms with Gasteiger partial charge in [0.2, 0.25) is 0 Å². The second kappa shape index (κ2) is 6.57. The molecule has 0 unspecified atom stereocenters. The fourth-order valence-electron chi connectivity index (χ4n) is 3.10. The third-order valence-electron chi connectivity index (χ3n) is 4.39. The van der Waals surface area contributed by atoms with E-state index < -0.39 is 0 Å². The molecule has 1 fully saturated rings. The summed E-state index contributed by atoms with van der Waals surface area (Å²) in [6, 6.07) is 12.5. The van der Waals surface area contributed by atoms with Gasteiger partial charge in [-0.1, -0.05) is 18.2 Å². The molecule has 1 saturated heterocycles. The Balaban J connectivity index is 1.54. The number of nitrogens with zero attached hydrogens (tertiary/aromatic N) is 1. The highest BCUT2D eigenvalue weighted by molar-refractivity contribution is 6.31. The van der Waals surface area contributed by atoms with Crippen molar-refractivity contribution in [1.82, 2.24) is 0 Å². The molecule has 25 heavy (non-hydrogen) atoms. The first-order valence-corrected chi connectivity index (χ1v) is 8.22. The standard InChI is InChI=1S/C19H18FN3O2/c20-16-11-13(5-6-18(16)23-7-9-25-10-8-23)21-12-15-14-3-1-2-4-17(14)22-19(15)24/h1-6,11-12,21H,7-10H2,(H,22,24). The molecule has 2 aliphatic rings. The molecular weight excluding hydrogens is 321 g/mol. The van der Waals surface area contributed by atoms with Crippen LogP contribution in [0.1, 0.15) is 5.56 Å². The van der Waals surface area contributed by atoms with Crippen molar-refractivity contribution >= 4 is 28.5 Å². The van der Waals surface area contributed by atoms with E-state index in [2.05, 4.69) is 10.6 Å².